The van der Waals surface area contributed by atoms with Gasteiger partial charge in [0.15, 0.2) is 11.5 Å². The fourth-order valence-corrected chi connectivity index (χ4v) is 3.70. The van der Waals surface area contributed by atoms with E-state index in [9.17, 15) is 18.0 Å². The van der Waals surface area contributed by atoms with E-state index in [1.807, 2.05) is 6.07 Å². The van der Waals surface area contributed by atoms with Crippen LogP contribution in [0.3, 0.4) is 0 Å². The van der Waals surface area contributed by atoms with Gasteiger partial charge in [-0.05, 0) is 53.1 Å². The Labute approximate surface area is 181 Å². The van der Waals surface area contributed by atoms with Gasteiger partial charge in [-0.15, -0.1) is 0 Å². The third-order valence-corrected chi connectivity index (χ3v) is 5.35. The molecular formula is C23H16F3N5O. The molecule has 2 N–H and O–H groups in total. The maximum absolute atomic E-state index is 14.8. The van der Waals surface area contributed by atoms with Crippen LogP contribution in [0.5, 0.6) is 0 Å². The maximum atomic E-state index is 14.8. The molecule has 1 unspecified atom stereocenters. The summed E-state index contributed by atoms with van der Waals surface area (Å²) in [6, 6.07) is 14.8. The lowest BCUT2D eigenvalue weighted by Gasteiger charge is -2.27. The molecule has 0 saturated heterocycles. The van der Waals surface area contributed by atoms with Crippen molar-refractivity contribution in [3.8, 4) is 17.2 Å². The van der Waals surface area contributed by atoms with Gasteiger partial charge in [-0.25, -0.2) is 18.2 Å². The number of hydrogen-bond donors (Lipinski definition) is 1. The van der Waals surface area contributed by atoms with E-state index >= 15 is 0 Å². The van der Waals surface area contributed by atoms with Gasteiger partial charge in [0.1, 0.15) is 11.5 Å². The number of rotatable bonds is 4. The molecule has 160 valence electrons. The summed E-state index contributed by atoms with van der Waals surface area (Å²) >= 11 is 0. The maximum Gasteiger partial charge on any atom is 0.280 e. The minimum Gasteiger partial charge on any atom is -0.369 e. The Kier molecular flexibility index (Phi) is 5.14. The molecule has 2 heterocycles. The van der Waals surface area contributed by atoms with Gasteiger partial charge in [0.2, 0.25) is 0 Å². The monoisotopic (exact) mass is 435 g/mol. The molecule has 9 heteroatoms. The molecule has 1 amide bonds. The van der Waals surface area contributed by atoms with Gasteiger partial charge in [-0.3, -0.25) is 14.7 Å². The van der Waals surface area contributed by atoms with Gasteiger partial charge in [0.05, 0.1) is 11.6 Å². The standard InChI is InChI=1S/C23H16F3N5O/c1-31-21(32)23(30-22(31)28,16-7-8-29-19(11-16)20(25)26)15-5-6-18(24)17(10-15)14-4-2-3-13(9-14)12-27/h2-11,20H,1H3,(H2,28,30). The van der Waals surface area contributed by atoms with Gasteiger partial charge in [-0.2, -0.15) is 5.26 Å². The highest BCUT2D eigenvalue weighted by Crippen LogP contribution is 2.41. The lowest BCUT2D eigenvalue weighted by Crippen LogP contribution is -2.41. The first-order valence-corrected chi connectivity index (χ1v) is 9.46. The Hall–Kier alpha value is -4.19. The molecule has 2 aromatic carbocycles. The SMILES string of the molecule is CN1C(=O)C(c2ccnc(C(F)F)c2)(c2ccc(F)c(-c3cccc(C#N)c3)c2)N=C1N. The van der Waals surface area contributed by atoms with E-state index in [1.165, 1.54) is 31.3 Å². The van der Waals surface area contributed by atoms with Crippen LogP contribution in [0.4, 0.5) is 13.2 Å². The van der Waals surface area contributed by atoms with Crippen LogP contribution >= 0.6 is 0 Å². The molecule has 1 aliphatic heterocycles. The van der Waals surface area contributed by atoms with Crippen LogP contribution in [0.15, 0.2) is 65.8 Å². The van der Waals surface area contributed by atoms with Crippen molar-refractivity contribution in [1.82, 2.24) is 9.88 Å². The highest BCUT2D eigenvalue weighted by atomic mass is 19.3. The van der Waals surface area contributed by atoms with Crippen LogP contribution in [0.2, 0.25) is 0 Å². The van der Waals surface area contributed by atoms with Crippen molar-refractivity contribution >= 4 is 11.9 Å². The highest BCUT2D eigenvalue weighted by Gasteiger charge is 2.50. The molecule has 0 spiro atoms. The average Bonchev–Trinajstić information content (AvgIpc) is 3.04. The molecule has 3 aromatic rings. The molecule has 0 radical (unpaired) electrons. The number of aromatic nitrogens is 1. The summed E-state index contributed by atoms with van der Waals surface area (Å²) in [5.74, 6) is -1.27. The summed E-state index contributed by atoms with van der Waals surface area (Å²) in [4.78, 5) is 22.4. The Bertz CT molecular complexity index is 1300. The lowest BCUT2D eigenvalue weighted by molar-refractivity contribution is -0.129. The van der Waals surface area contributed by atoms with E-state index in [4.69, 9.17) is 11.0 Å². The minimum atomic E-state index is -2.86. The van der Waals surface area contributed by atoms with Gasteiger partial charge in [0, 0.05) is 18.8 Å². The predicted molar refractivity (Wildman–Crippen MR) is 111 cm³/mol. The number of amides is 1. The number of nitriles is 1. The molecule has 0 aliphatic carbocycles. The zero-order chi connectivity index (χ0) is 23.0. The Morgan fingerprint density at radius 3 is 2.53 bits per heavy atom. The number of nitrogens with two attached hydrogens (primary N) is 1. The van der Waals surface area contributed by atoms with Crippen molar-refractivity contribution in [2.24, 2.45) is 10.7 Å². The Morgan fingerprint density at radius 1 is 1.12 bits per heavy atom. The minimum absolute atomic E-state index is 0.109. The van der Waals surface area contributed by atoms with Gasteiger partial charge in [0.25, 0.3) is 12.3 Å². The fraction of sp³-hybridized carbons (Fsp3) is 0.130. The van der Waals surface area contributed by atoms with Crippen molar-refractivity contribution in [3.05, 3.63) is 89.0 Å². The first-order valence-electron chi connectivity index (χ1n) is 9.46. The zero-order valence-corrected chi connectivity index (χ0v) is 16.8. The van der Waals surface area contributed by atoms with Crippen LogP contribution < -0.4 is 5.73 Å². The summed E-state index contributed by atoms with van der Waals surface area (Å²) in [6.07, 6.45) is -1.70. The molecule has 0 fully saturated rings. The Morgan fingerprint density at radius 2 is 1.88 bits per heavy atom. The number of nitrogens with zero attached hydrogens (tertiary/aromatic N) is 4. The van der Waals surface area contributed by atoms with Crippen molar-refractivity contribution in [2.75, 3.05) is 7.05 Å². The normalized spacial score (nSPS) is 18.1. The third kappa shape index (κ3) is 3.26. The first kappa shape index (κ1) is 21.1. The van der Waals surface area contributed by atoms with Gasteiger partial charge < -0.3 is 5.73 Å². The lowest BCUT2D eigenvalue weighted by atomic mass is 9.81. The second-order valence-corrected chi connectivity index (χ2v) is 7.20. The number of carbonyl (C=O) groups is 1. The van der Waals surface area contributed by atoms with E-state index < -0.39 is 29.4 Å². The quantitative estimate of drug-likeness (QED) is 0.676. The number of aliphatic imine (C=N–C) groups is 1. The van der Waals surface area contributed by atoms with Gasteiger partial charge in [-0.1, -0.05) is 18.2 Å². The number of halogens is 3. The molecular weight excluding hydrogens is 419 g/mol. The first-order chi connectivity index (χ1) is 15.3. The van der Waals surface area contributed by atoms with Crippen LogP contribution in [-0.2, 0) is 10.3 Å². The van der Waals surface area contributed by atoms with Gasteiger partial charge >= 0.3 is 0 Å². The van der Waals surface area contributed by atoms with Crippen molar-refractivity contribution < 1.29 is 18.0 Å². The van der Waals surface area contributed by atoms with Crippen LogP contribution in [-0.4, -0.2) is 28.8 Å². The highest BCUT2D eigenvalue weighted by molar-refractivity contribution is 6.09. The molecule has 6 nitrogen and oxygen atoms in total. The fourth-order valence-electron chi connectivity index (χ4n) is 3.70. The van der Waals surface area contributed by atoms with E-state index in [1.54, 1.807) is 18.2 Å². The Balaban J connectivity index is 1.98. The number of carbonyl (C=O) groups excluding carboxylic acids is 1. The van der Waals surface area contributed by atoms with Crippen LogP contribution in [0, 0.1) is 17.1 Å². The second-order valence-electron chi connectivity index (χ2n) is 7.20. The molecule has 4 rings (SSSR count). The number of pyridine rings is 1. The van der Waals surface area contributed by atoms with E-state index in [0.717, 1.165) is 23.2 Å². The van der Waals surface area contributed by atoms with Crippen LogP contribution in [0.25, 0.3) is 11.1 Å². The summed E-state index contributed by atoms with van der Waals surface area (Å²) in [5.41, 5.74) is 4.83. The zero-order valence-electron chi connectivity index (χ0n) is 16.8. The number of guanidine groups is 1. The summed E-state index contributed by atoms with van der Waals surface area (Å²) < 4.78 is 41.4. The smallest absolute Gasteiger partial charge is 0.280 e. The average molecular weight is 435 g/mol. The number of likely N-dealkylation sites (N-methyl/N-ethyl adjacent to an activating group) is 1. The molecule has 32 heavy (non-hydrogen) atoms. The molecule has 1 aromatic heterocycles. The largest absolute Gasteiger partial charge is 0.369 e. The van der Waals surface area contributed by atoms with Crippen molar-refractivity contribution in [2.45, 2.75) is 12.0 Å². The van der Waals surface area contributed by atoms with E-state index in [0.29, 0.717) is 11.1 Å². The molecule has 1 atom stereocenters. The molecule has 0 bridgehead atoms. The van der Waals surface area contributed by atoms with Crippen molar-refractivity contribution in [3.63, 3.8) is 0 Å². The number of alkyl halides is 2. The summed E-state index contributed by atoms with van der Waals surface area (Å²) in [5, 5.41) is 9.17. The second kappa shape index (κ2) is 7.81. The summed E-state index contributed by atoms with van der Waals surface area (Å²) in [6.45, 7) is 0. The van der Waals surface area contributed by atoms with E-state index in [2.05, 4.69) is 9.98 Å². The number of benzene rings is 2. The van der Waals surface area contributed by atoms with Crippen LogP contribution in [0.1, 0.15) is 28.8 Å². The predicted octanol–water partition coefficient (Wildman–Crippen LogP) is 3.73. The van der Waals surface area contributed by atoms with Crippen molar-refractivity contribution in [1.29, 1.82) is 5.26 Å². The molecule has 0 saturated carbocycles. The molecule has 1 aliphatic rings. The topological polar surface area (TPSA) is 95.4 Å². The number of hydrogen-bond acceptors (Lipinski definition) is 5. The van der Waals surface area contributed by atoms with E-state index in [-0.39, 0.29) is 22.6 Å². The third-order valence-electron chi connectivity index (χ3n) is 5.35. The summed E-state index contributed by atoms with van der Waals surface area (Å²) in [7, 11) is 1.42.